The number of aromatic nitrogens is 5. The SMILES string of the molecule is N#Cc1ccc(-c2ccc3c4ccc(-c5ccc(C#N)cc5C#N)cc4n(-c4ccc(-c5ccc6c(c5)c5ccccc5n6-c5ccccc5)cc4-c4nc(-c5ccccc5)nc(-c5ccccc5)n4)c3c2)c(C#N)c1. The number of hydrogen-bond acceptors (Lipinski definition) is 7. The topological polar surface area (TPSA) is 144 Å². The zero-order valence-corrected chi connectivity index (χ0v) is 40.4. The molecule has 9 nitrogen and oxygen atoms in total. The van der Waals surface area contributed by atoms with Crippen molar-refractivity contribution in [3.05, 3.63) is 247 Å². The Kier molecular flexibility index (Phi) is 10.8. The summed E-state index contributed by atoms with van der Waals surface area (Å²) in [5.41, 5.74) is 14.6. The van der Waals surface area contributed by atoms with Crippen LogP contribution in [0.15, 0.2) is 224 Å². The lowest BCUT2D eigenvalue weighted by Gasteiger charge is -2.17. The number of para-hydroxylation sites is 2. The van der Waals surface area contributed by atoms with Gasteiger partial charge in [-0.05, 0) is 112 Å². The summed E-state index contributed by atoms with van der Waals surface area (Å²) >= 11 is 0. The second-order valence-electron chi connectivity index (χ2n) is 18.5. The highest BCUT2D eigenvalue weighted by molar-refractivity contribution is 6.13. The van der Waals surface area contributed by atoms with E-state index in [1.54, 1.807) is 24.3 Å². The lowest BCUT2D eigenvalue weighted by molar-refractivity contribution is 1.06. The first-order chi connectivity index (χ1) is 37.5. The molecule has 0 fully saturated rings. The third-order valence-electron chi connectivity index (χ3n) is 14.1. The maximum Gasteiger partial charge on any atom is 0.166 e. The van der Waals surface area contributed by atoms with Gasteiger partial charge >= 0.3 is 0 Å². The molecule has 0 radical (unpaired) electrons. The molecule has 350 valence electrons. The third kappa shape index (κ3) is 7.58. The number of nitrogens with zero attached hydrogens (tertiary/aromatic N) is 9. The Hall–Kier alpha value is -11.2. The average molecular weight is 968 g/mol. The molecule has 0 bridgehead atoms. The summed E-state index contributed by atoms with van der Waals surface area (Å²) in [5, 5.41) is 44.5. The highest BCUT2D eigenvalue weighted by Gasteiger charge is 2.23. The molecule has 10 aromatic carbocycles. The van der Waals surface area contributed by atoms with Crippen LogP contribution >= 0.6 is 0 Å². The Labute approximate surface area is 436 Å². The summed E-state index contributed by atoms with van der Waals surface area (Å²) in [5.74, 6) is 1.47. The predicted molar refractivity (Wildman–Crippen MR) is 300 cm³/mol. The zero-order valence-electron chi connectivity index (χ0n) is 40.4. The average Bonchev–Trinajstić information content (AvgIpc) is 4.00. The van der Waals surface area contributed by atoms with E-state index in [4.69, 9.17) is 15.0 Å². The van der Waals surface area contributed by atoms with Gasteiger partial charge in [-0.3, -0.25) is 0 Å². The van der Waals surface area contributed by atoms with Crippen LogP contribution in [0.1, 0.15) is 22.3 Å². The fraction of sp³-hybridized carbons (Fsp3) is 0. The van der Waals surface area contributed by atoms with E-state index in [1.165, 1.54) is 0 Å². The molecule has 3 heterocycles. The van der Waals surface area contributed by atoms with Crippen molar-refractivity contribution >= 4 is 43.6 Å². The van der Waals surface area contributed by atoms with E-state index in [-0.39, 0.29) is 0 Å². The van der Waals surface area contributed by atoms with Crippen LogP contribution in [0.5, 0.6) is 0 Å². The minimum Gasteiger partial charge on any atom is -0.309 e. The molecule has 3 aromatic heterocycles. The summed E-state index contributed by atoms with van der Waals surface area (Å²) < 4.78 is 4.52. The van der Waals surface area contributed by atoms with Crippen LogP contribution in [0.2, 0.25) is 0 Å². The number of fused-ring (bicyclic) bond motifs is 6. The van der Waals surface area contributed by atoms with Crippen molar-refractivity contribution in [3.63, 3.8) is 0 Å². The van der Waals surface area contributed by atoms with Crippen molar-refractivity contribution in [3.8, 4) is 103 Å². The van der Waals surface area contributed by atoms with E-state index in [0.29, 0.717) is 50.9 Å². The first-order valence-corrected chi connectivity index (χ1v) is 24.6. The molecule has 13 aromatic rings. The molecule has 0 saturated heterocycles. The molecule has 0 atom stereocenters. The van der Waals surface area contributed by atoms with E-state index in [1.807, 2.05) is 91.0 Å². The van der Waals surface area contributed by atoms with Gasteiger partial charge in [0, 0.05) is 43.9 Å². The van der Waals surface area contributed by atoms with Crippen LogP contribution in [0, 0.1) is 45.3 Å². The molecule has 0 unspecified atom stereocenters. The Morgan fingerprint density at radius 1 is 0.289 bits per heavy atom. The molecule has 0 N–H and O–H groups in total. The maximum absolute atomic E-state index is 10.4. The van der Waals surface area contributed by atoms with Crippen LogP contribution in [0.4, 0.5) is 0 Å². The van der Waals surface area contributed by atoms with Gasteiger partial charge in [-0.15, -0.1) is 0 Å². The molecule has 0 spiro atoms. The van der Waals surface area contributed by atoms with Crippen molar-refractivity contribution in [1.29, 1.82) is 21.0 Å². The summed E-state index contributed by atoms with van der Waals surface area (Å²) in [7, 11) is 0. The molecule has 9 heteroatoms. The molecule has 0 aliphatic carbocycles. The van der Waals surface area contributed by atoms with E-state index in [0.717, 1.165) is 93.9 Å². The molecule has 13 rings (SSSR count). The van der Waals surface area contributed by atoms with Gasteiger partial charge in [0.1, 0.15) is 0 Å². The van der Waals surface area contributed by atoms with Gasteiger partial charge in [0.2, 0.25) is 0 Å². The van der Waals surface area contributed by atoms with Crippen LogP contribution < -0.4 is 0 Å². The zero-order chi connectivity index (χ0) is 51.3. The van der Waals surface area contributed by atoms with Gasteiger partial charge in [0.15, 0.2) is 17.5 Å². The monoisotopic (exact) mass is 967 g/mol. The lowest BCUT2D eigenvalue weighted by atomic mass is 9.96. The second-order valence-corrected chi connectivity index (χ2v) is 18.5. The van der Waals surface area contributed by atoms with Gasteiger partial charge < -0.3 is 9.13 Å². The third-order valence-corrected chi connectivity index (χ3v) is 14.1. The summed E-state index contributed by atoms with van der Waals surface area (Å²) in [6.07, 6.45) is 0. The van der Waals surface area contributed by atoms with Crippen LogP contribution in [-0.2, 0) is 0 Å². The van der Waals surface area contributed by atoms with Crippen molar-refractivity contribution in [1.82, 2.24) is 24.1 Å². The van der Waals surface area contributed by atoms with Gasteiger partial charge in [-0.25, -0.2) is 15.0 Å². The minimum absolute atomic E-state index is 0.383. The van der Waals surface area contributed by atoms with E-state index in [9.17, 15) is 21.0 Å². The molecule has 76 heavy (non-hydrogen) atoms. The Morgan fingerprint density at radius 2 is 0.763 bits per heavy atom. The van der Waals surface area contributed by atoms with E-state index in [2.05, 4.69) is 143 Å². The van der Waals surface area contributed by atoms with Crippen molar-refractivity contribution in [2.45, 2.75) is 0 Å². The van der Waals surface area contributed by atoms with Crippen molar-refractivity contribution in [2.75, 3.05) is 0 Å². The largest absolute Gasteiger partial charge is 0.309 e. The number of benzene rings is 10. The van der Waals surface area contributed by atoms with Crippen LogP contribution in [0.25, 0.3) is 123 Å². The Bertz CT molecular complexity index is 4490. The summed E-state index contributed by atoms with van der Waals surface area (Å²) in [4.78, 5) is 15.8. The maximum atomic E-state index is 10.4. The van der Waals surface area contributed by atoms with E-state index < -0.39 is 0 Å². The first-order valence-electron chi connectivity index (χ1n) is 24.6. The quantitative estimate of drug-likeness (QED) is 0.147. The Morgan fingerprint density at radius 3 is 1.33 bits per heavy atom. The van der Waals surface area contributed by atoms with E-state index >= 15 is 0 Å². The van der Waals surface area contributed by atoms with Gasteiger partial charge in [0.05, 0.1) is 74.3 Å². The molecular weight excluding hydrogens is 931 g/mol. The predicted octanol–water partition coefficient (Wildman–Crippen LogP) is 15.6. The van der Waals surface area contributed by atoms with Gasteiger partial charge in [-0.1, -0.05) is 146 Å². The highest BCUT2D eigenvalue weighted by atomic mass is 15.1. The van der Waals surface area contributed by atoms with Crippen LogP contribution in [-0.4, -0.2) is 24.1 Å². The minimum atomic E-state index is 0.383. The van der Waals surface area contributed by atoms with Crippen molar-refractivity contribution in [2.24, 2.45) is 0 Å². The van der Waals surface area contributed by atoms with Gasteiger partial charge in [0.25, 0.3) is 0 Å². The number of rotatable bonds is 8. The molecular formula is C67H37N9. The van der Waals surface area contributed by atoms with Crippen molar-refractivity contribution < 1.29 is 0 Å². The molecule has 0 aliphatic rings. The lowest BCUT2D eigenvalue weighted by Crippen LogP contribution is -2.04. The first kappa shape index (κ1) is 44.7. The second kappa shape index (κ2) is 18.4. The highest BCUT2D eigenvalue weighted by Crippen LogP contribution is 2.43. The molecule has 0 amide bonds. The number of nitriles is 4. The fourth-order valence-electron chi connectivity index (χ4n) is 10.6. The normalized spacial score (nSPS) is 11.1. The van der Waals surface area contributed by atoms with Gasteiger partial charge in [-0.2, -0.15) is 21.0 Å². The summed E-state index contributed by atoms with van der Waals surface area (Å²) in [6, 6.07) is 83.5. The fourth-order valence-corrected chi connectivity index (χ4v) is 10.6. The summed E-state index contributed by atoms with van der Waals surface area (Å²) in [6.45, 7) is 0. The van der Waals surface area contributed by atoms with Crippen LogP contribution in [0.3, 0.4) is 0 Å². The molecule has 0 aliphatic heterocycles. The number of hydrogen-bond donors (Lipinski definition) is 0. The Balaban J connectivity index is 1.12. The molecule has 0 saturated carbocycles. The standard InChI is InChI=1S/C67H37N9/c68-38-42-20-26-53(50(32-42)40-70)48-22-28-56-57-29-23-49(54-27-21-43(39-69)33-51(54)41-71)37-64(57)76(63(56)36-48)62-31-25-47(46-24-30-61-58(34-46)55-18-10-11-19-60(55)75(61)52-16-8-3-9-17-52)35-59(62)67-73-65(44-12-4-1-5-13-44)72-66(74-67)45-14-6-2-7-15-45/h1-37H. The smallest absolute Gasteiger partial charge is 0.166 e.